The van der Waals surface area contributed by atoms with Gasteiger partial charge in [0.15, 0.2) is 0 Å². The van der Waals surface area contributed by atoms with Crippen LogP contribution in [0, 0.1) is 0 Å². The van der Waals surface area contributed by atoms with Crippen molar-refractivity contribution in [2.45, 2.75) is 12.5 Å². The van der Waals surface area contributed by atoms with E-state index >= 15 is 0 Å². The molecule has 1 saturated heterocycles. The number of likely N-dealkylation sites (tertiary alicyclic amines) is 1. The lowest BCUT2D eigenvalue weighted by molar-refractivity contribution is -0.139. The average molecular weight is 382 g/mol. The minimum absolute atomic E-state index is 0.0126. The van der Waals surface area contributed by atoms with E-state index in [2.05, 4.69) is 20.9 Å². The molecule has 1 aromatic heterocycles. The lowest BCUT2D eigenvalue weighted by Gasteiger charge is -2.38. The second kappa shape index (κ2) is 6.67. The standard InChI is InChI=1S/C16H14BrClN2O2/c17-13-5-3-7-19-16(13)22-12-9-20(10-12)15(21)8-11-4-1-2-6-14(11)18/h1-7,12H,8-10H2. The van der Waals surface area contributed by atoms with Gasteiger partial charge in [0.25, 0.3) is 0 Å². The van der Waals surface area contributed by atoms with Crippen molar-refractivity contribution < 1.29 is 9.53 Å². The van der Waals surface area contributed by atoms with Crippen LogP contribution >= 0.6 is 27.5 Å². The van der Waals surface area contributed by atoms with Crippen molar-refractivity contribution in [3.8, 4) is 5.88 Å². The maximum Gasteiger partial charge on any atom is 0.228 e. The van der Waals surface area contributed by atoms with Gasteiger partial charge in [-0.25, -0.2) is 4.98 Å². The van der Waals surface area contributed by atoms with Gasteiger partial charge in [-0.1, -0.05) is 29.8 Å². The summed E-state index contributed by atoms with van der Waals surface area (Å²) in [5, 5.41) is 0.626. The van der Waals surface area contributed by atoms with Crippen LogP contribution in [-0.2, 0) is 11.2 Å². The van der Waals surface area contributed by atoms with E-state index in [0.717, 1.165) is 10.0 Å². The predicted molar refractivity (Wildman–Crippen MR) is 88.1 cm³/mol. The number of carbonyl (C=O) groups excluding carboxylic acids is 1. The highest BCUT2D eigenvalue weighted by molar-refractivity contribution is 9.10. The van der Waals surface area contributed by atoms with Crippen LogP contribution in [0.2, 0.25) is 5.02 Å². The maximum atomic E-state index is 12.2. The highest BCUT2D eigenvalue weighted by Crippen LogP contribution is 2.25. The summed E-state index contributed by atoms with van der Waals surface area (Å²) in [6.07, 6.45) is 1.99. The Hall–Kier alpha value is -1.59. The molecule has 1 fully saturated rings. The molecule has 3 rings (SSSR count). The molecule has 0 N–H and O–H groups in total. The number of pyridine rings is 1. The van der Waals surface area contributed by atoms with Gasteiger partial charge in [-0.2, -0.15) is 0 Å². The molecule has 0 bridgehead atoms. The van der Waals surface area contributed by atoms with Crippen molar-refractivity contribution in [3.05, 3.63) is 57.7 Å². The summed E-state index contributed by atoms with van der Waals surface area (Å²) in [6, 6.07) is 11.1. The fourth-order valence-electron chi connectivity index (χ4n) is 2.25. The predicted octanol–water partition coefficient (Wildman–Crippen LogP) is 3.33. The summed E-state index contributed by atoms with van der Waals surface area (Å²) in [7, 11) is 0. The van der Waals surface area contributed by atoms with E-state index in [1.807, 2.05) is 30.3 Å². The summed E-state index contributed by atoms with van der Waals surface area (Å²) in [5.74, 6) is 0.624. The van der Waals surface area contributed by atoms with Gasteiger partial charge in [-0.05, 0) is 39.7 Å². The number of hydrogen-bond acceptors (Lipinski definition) is 3. The van der Waals surface area contributed by atoms with E-state index in [9.17, 15) is 4.79 Å². The van der Waals surface area contributed by atoms with Crippen LogP contribution in [-0.4, -0.2) is 35.0 Å². The first-order valence-electron chi connectivity index (χ1n) is 6.92. The Morgan fingerprint density at radius 2 is 2.09 bits per heavy atom. The van der Waals surface area contributed by atoms with E-state index < -0.39 is 0 Å². The maximum absolute atomic E-state index is 12.2. The molecule has 0 radical (unpaired) electrons. The molecule has 2 aromatic rings. The van der Waals surface area contributed by atoms with Crippen LogP contribution in [0.3, 0.4) is 0 Å². The highest BCUT2D eigenvalue weighted by Gasteiger charge is 2.32. The van der Waals surface area contributed by atoms with Crippen molar-refractivity contribution >= 4 is 33.4 Å². The first-order chi connectivity index (χ1) is 10.6. The van der Waals surface area contributed by atoms with Crippen molar-refractivity contribution in [1.29, 1.82) is 0 Å². The highest BCUT2D eigenvalue weighted by atomic mass is 79.9. The van der Waals surface area contributed by atoms with Crippen LogP contribution in [0.5, 0.6) is 5.88 Å². The Morgan fingerprint density at radius 3 is 2.82 bits per heavy atom. The van der Waals surface area contributed by atoms with E-state index in [4.69, 9.17) is 16.3 Å². The lowest BCUT2D eigenvalue weighted by Crippen LogP contribution is -2.56. The number of nitrogens with zero attached hydrogens (tertiary/aromatic N) is 2. The Labute approximate surface area is 142 Å². The summed E-state index contributed by atoms with van der Waals surface area (Å²) in [4.78, 5) is 18.1. The molecule has 0 saturated carbocycles. The van der Waals surface area contributed by atoms with Crippen LogP contribution in [0.1, 0.15) is 5.56 Å². The third-order valence-corrected chi connectivity index (χ3v) is 4.48. The Bertz CT molecular complexity index is 689. The van der Waals surface area contributed by atoms with Gasteiger partial charge in [-0.15, -0.1) is 0 Å². The topological polar surface area (TPSA) is 42.4 Å². The minimum atomic E-state index is -0.0126. The number of halogens is 2. The summed E-state index contributed by atoms with van der Waals surface area (Å²) < 4.78 is 6.57. The van der Waals surface area contributed by atoms with Crippen molar-refractivity contribution in [1.82, 2.24) is 9.88 Å². The SMILES string of the molecule is O=C(Cc1ccccc1Cl)N1CC(Oc2ncccc2Br)C1. The van der Waals surface area contributed by atoms with Gasteiger partial charge in [0.1, 0.15) is 6.10 Å². The van der Waals surface area contributed by atoms with Gasteiger partial charge in [0, 0.05) is 11.2 Å². The van der Waals surface area contributed by atoms with Crippen LogP contribution < -0.4 is 4.74 Å². The number of hydrogen-bond donors (Lipinski definition) is 0. The smallest absolute Gasteiger partial charge is 0.228 e. The van der Waals surface area contributed by atoms with Crippen LogP contribution in [0.25, 0.3) is 0 Å². The molecular weight excluding hydrogens is 368 g/mol. The number of carbonyl (C=O) groups is 1. The molecule has 1 aliphatic rings. The fraction of sp³-hybridized carbons (Fsp3) is 0.250. The zero-order chi connectivity index (χ0) is 15.5. The number of rotatable bonds is 4. The average Bonchev–Trinajstić information content (AvgIpc) is 2.46. The molecular formula is C16H14BrClN2O2. The monoisotopic (exact) mass is 380 g/mol. The Kier molecular flexibility index (Phi) is 4.64. The largest absolute Gasteiger partial charge is 0.470 e. The normalized spacial score (nSPS) is 14.5. The third-order valence-electron chi connectivity index (χ3n) is 3.50. The van der Waals surface area contributed by atoms with E-state index in [0.29, 0.717) is 30.4 Å². The van der Waals surface area contributed by atoms with Gasteiger partial charge < -0.3 is 9.64 Å². The summed E-state index contributed by atoms with van der Waals surface area (Å²) >= 11 is 9.47. The Balaban J connectivity index is 1.52. The second-order valence-electron chi connectivity index (χ2n) is 5.10. The first-order valence-corrected chi connectivity index (χ1v) is 8.09. The zero-order valence-electron chi connectivity index (χ0n) is 11.7. The van der Waals surface area contributed by atoms with Gasteiger partial charge in [-0.3, -0.25) is 4.79 Å². The molecule has 0 atom stereocenters. The molecule has 114 valence electrons. The third kappa shape index (κ3) is 3.42. The van der Waals surface area contributed by atoms with Crippen LogP contribution in [0.4, 0.5) is 0 Å². The van der Waals surface area contributed by atoms with E-state index in [1.165, 1.54) is 0 Å². The first kappa shape index (κ1) is 15.3. The molecule has 0 unspecified atom stereocenters. The van der Waals surface area contributed by atoms with Crippen molar-refractivity contribution in [2.75, 3.05) is 13.1 Å². The molecule has 2 heterocycles. The quantitative estimate of drug-likeness (QED) is 0.816. The van der Waals surface area contributed by atoms with Crippen LogP contribution in [0.15, 0.2) is 47.1 Å². The minimum Gasteiger partial charge on any atom is -0.470 e. The lowest BCUT2D eigenvalue weighted by atomic mass is 10.1. The van der Waals surface area contributed by atoms with Crippen molar-refractivity contribution in [2.24, 2.45) is 0 Å². The number of aromatic nitrogens is 1. The molecule has 22 heavy (non-hydrogen) atoms. The van der Waals surface area contributed by atoms with Gasteiger partial charge in [0.2, 0.25) is 11.8 Å². The molecule has 6 heteroatoms. The second-order valence-corrected chi connectivity index (χ2v) is 6.36. The zero-order valence-corrected chi connectivity index (χ0v) is 14.0. The number of amides is 1. The molecule has 0 aliphatic carbocycles. The Morgan fingerprint density at radius 1 is 1.32 bits per heavy atom. The van der Waals surface area contributed by atoms with Crippen molar-refractivity contribution in [3.63, 3.8) is 0 Å². The molecule has 1 amide bonds. The van der Waals surface area contributed by atoms with E-state index in [1.54, 1.807) is 17.2 Å². The molecule has 1 aliphatic heterocycles. The summed E-state index contributed by atoms with van der Waals surface area (Å²) in [5.41, 5.74) is 0.853. The van der Waals surface area contributed by atoms with Gasteiger partial charge in [0.05, 0.1) is 24.0 Å². The molecule has 1 aromatic carbocycles. The number of ether oxygens (including phenoxy) is 1. The molecule has 4 nitrogen and oxygen atoms in total. The molecule has 0 spiro atoms. The number of benzene rings is 1. The van der Waals surface area contributed by atoms with Gasteiger partial charge >= 0.3 is 0 Å². The fourth-order valence-corrected chi connectivity index (χ4v) is 2.80. The summed E-state index contributed by atoms with van der Waals surface area (Å²) in [6.45, 7) is 1.15. The van der Waals surface area contributed by atoms with E-state index in [-0.39, 0.29) is 12.0 Å².